The minimum Gasteiger partial charge on any atom is -0.495 e. The minimum absolute atomic E-state index is 0.0637. The molecule has 1 aliphatic heterocycles. The van der Waals surface area contributed by atoms with Gasteiger partial charge in [-0.05, 0) is 44.5 Å². The maximum absolute atomic E-state index is 13.2. The predicted molar refractivity (Wildman–Crippen MR) is 226 cm³/mol. The number of aromatic nitrogens is 2. The van der Waals surface area contributed by atoms with Crippen LogP contribution in [-0.2, 0) is 42.7 Å². The second-order valence-corrected chi connectivity index (χ2v) is 14.2. The van der Waals surface area contributed by atoms with Crippen molar-refractivity contribution >= 4 is 40.9 Å². The summed E-state index contributed by atoms with van der Waals surface area (Å²) in [5.41, 5.74) is 1.74. The molecule has 2 aromatic rings. The number of hydrogen-bond donors (Lipinski definition) is 2. The fraction of sp³-hybridized carbons (Fsp3) is 0.643. The molecular weight excluding hydrogens is 778 g/mol. The van der Waals surface area contributed by atoms with Gasteiger partial charge in [-0.15, -0.1) is 0 Å². The molecule has 18 nitrogen and oxygen atoms in total. The molecule has 0 bridgehead atoms. The highest BCUT2D eigenvalue weighted by molar-refractivity contribution is 6.04. The molecule has 334 valence electrons. The summed E-state index contributed by atoms with van der Waals surface area (Å²) in [7, 11) is 6.62. The molecule has 60 heavy (non-hydrogen) atoms. The van der Waals surface area contributed by atoms with E-state index in [4.69, 9.17) is 38.1 Å². The third-order valence-corrected chi connectivity index (χ3v) is 10.0. The predicted octanol–water partition coefficient (Wildman–Crippen LogP) is 3.22. The summed E-state index contributed by atoms with van der Waals surface area (Å²) in [6.07, 6.45) is 9.89. The highest BCUT2D eigenvalue weighted by atomic mass is 16.6. The average molecular weight is 844 g/mol. The van der Waals surface area contributed by atoms with E-state index in [0.29, 0.717) is 127 Å². The average Bonchev–Trinajstić information content (AvgIpc) is 3.80. The summed E-state index contributed by atoms with van der Waals surface area (Å²) in [5.74, 6) is 1.04. The molecule has 2 amide bonds. The summed E-state index contributed by atoms with van der Waals surface area (Å²) in [6, 6.07) is 5.14. The number of carbonyl (C=O) groups excluding carboxylic acids is 3. The topological polar surface area (TPSA) is 185 Å². The zero-order valence-corrected chi connectivity index (χ0v) is 36.0. The van der Waals surface area contributed by atoms with Gasteiger partial charge in [-0.3, -0.25) is 9.59 Å². The van der Waals surface area contributed by atoms with Gasteiger partial charge in [0.15, 0.2) is 5.82 Å². The van der Waals surface area contributed by atoms with E-state index >= 15 is 0 Å². The van der Waals surface area contributed by atoms with E-state index in [1.165, 1.54) is 13.2 Å². The normalized spacial score (nSPS) is 15.6. The number of amides is 2. The fourth-order valence-corrected chi connectivity index (χ4v) is 6.75. The number of anilines is 4. The largest absolute Gasteiger partial charge is 0.495 e. The molecule has 2 heterocycles. The van der Waals surface area contributed by atoms with Crippen molar-refractivity contribution in [3.8, 4) is 5.75 Å². The van der Waals surface area contributed by atoms with Crippen LogP contribution in [-0.4, -0.2) is 172 Å². The first-order valence-electron chi connectivity index (χ1n) is 20.8. The Morgan fingerprint density at radius 2 is 1.48 bits per heavy atom. The number of methoxy groups -OCH3 is 2. The van der Waals surface area contributed by atoms with E-state index in [2.05, 4.69) is 25.3 Å². The van der Waals surface area contributed by atoms with Crippen molar-refractivity contribution in [2.45, 2.75) is 51.1 Å². The van der Waals surface area contributed by atoms with Crippen molar-refractivity contribution in [2.24, 2.45) is 0 Å². The lowest BCUT2D eigenvalue weighted by molar-refractivity contribution is -0.134. The van der Waals surface area contributed by atoms with E-state index in [9.17, 15) is 14.4 Å². The number of ether oxygens (including phenoxy) is 8. The maximum atomic E-state index is 13.2. The molecule has 1 aromatic carbocycles. The molecule has 0 spiro atoms. The summed E-state index contributed by atoms with van der Waals surface area (Å²) in [4.78, 5) is 52.5. The highest BCUT2D eigenvalue weighted by Crippen LogP contribution is 2.40. The number of fused-ring (bicyclic) bond motifs is 1. The summed E-state index contributed by atoms with van der Waals surface area (Å²) >= 11 is 0. The Labute approximate surface area is 354 Å². The van der Waals surface area contributed by atoms with Gasteiger partial charge in [-0.1, -0.05) is 25.8 Å². The van der Waals surface area contributed by atoms with Gasteiger partial charge in [0.1, 0.15) is 17.5 Å². The Morgan fingerprint density at radius 3 is 2.07 bits per heavy atom. The van der Waals surface area contributed by atoms with Crippen LogP contribution < -0.4 is 25.2 Å². The second-order valence-electron chi connectivity index (χ2n) is 14.2. The number of benzene rings is 1. The van der Waals surface area contributed by atoms with Gasteiger partial charge in [0.25, 0.3) is 5.91 Å². The Bertz CT molecular complexity index is 1630. The molecule has 0 saturated heterocycles. The van der Waals surface area contributed by atoms with Gasteiger partial charge in [-0.25, -0.2) is 9.78 Å². The van der Waals surface area contributed by atoms with E-state index in [1.807, 2.05) is 18.9 Å². The van der Waals surface area contributed by atoms with Crippen LogP contribution in [0.1, 0.15) is 49.4 Å². The van der Waals surface area contributed by atoms with Crippen LogP contribution in [0.25, 0.3) is 0 Å². The van der Waals surface area contributed by atoms with Crippen molar-refractivity contribution in [2.75, 3.05) is 142 Å². The van der Waals surface area contributed by atoms with Crippen LogP contribution >= 0.6 is 0 Å². The Hall–Kier alpha value is -4.43. The molecule has 2 N–H and O–H groups in total. The Balaban J connectivity index is 1.00. The molecule has 1 saturated carbocycles. The van der Waals surface area contributed by atoms with Crippen LogP contribution in [0.15, 0.2) is 36.5 Å². The van der Waals surface area contributed by atoms with Crippen LogP contribution in [0.4, 0.5) is 23.1 Å². The maximum Gasteiger partial charge on any atom is 0.330 e. The Morgan fingerprint density at radius 1 is 0.883 bits per heavy atom. The van der Waals surface area contributed by atoms with Crippen LogP contribution in [0.2, 0.25) is 0 Å². The zero-order chi connectivity index (χ0) is 43.0. The smallest absolute Gasteiger partial charge is 0.330 e. The Kier molecular flexibility index (Phi) is 22.0. The first-order valence-corrected chi connectivity index (χ1v) is 20.8. The number of rotatable bonds is 30. The van der Waals surface area contributed by atoms with Gasteiger partial charge >= 0.3 is 5.97 Å². The SMILES string of the molecule is CC[C@@H]1C(=O)N(C)c2cnc(Nc3ccc(C(=O)NCCOCCOCCOCCOCCOCCOCCN(C)C/C=C/C(=O)OC)cc3OC)nc2N1C1CCCC1. The third kappa shape index (κ3) is 15.9. The summed E-state index contributed by atoms with van der Waals surface area (Å²) < 4.78 is 43.4. The molecule has 4 rings (SSSR count). The molecule has 18 heteroatoms. The van der Waals surface area contributed by atoms with Crippen LogP contribution in [0.3, 0.4) is 0 Å². The monoisotopic (exact) mass is 843 g/mol. The van der Waals surface area contributed by atoms with E-state index < -0.39 is 0 Å². The van der Waals surface area contributed by atoms with Gasteiger partial charge in [-0.2, -0.15) is 4.98 Å². The molecule has 1 aliphatic carbocycles. The van der Waals surface area contributed by atoms with Crippen molar-refractivity contribution in [3.63, 3.8) is 0 Å². The lowest BCUT2D eigenvalue weighted by Gasteiger charge is -2.43. The van der Waals surface area contributed by atoms with Crippen LogP contribution in [0.5, 0.6) is 5.75 Å². The molecule has 1 aromatic heterocycles. The van der Waals surface area contributed by atoms with E-state index in [-0.39, 0.29) is 29.9 Å². The lowest BCUT2D eigenvalue weighted by atomic mass is 10.0. The number of hydrogen-bond acceptors (Lipinski definition) is 16. The van der Waals surface area contributed by atoms with Gasteiger partial charge in [0.05, 0.1) is 105 Å². The molecule has 0 radical (unpaired) electrons. The fourth-order valence-electron chi connectivity index (χ4n) is 6.75. The van der Waals surface area contributed by atoms with Crippen molar-refractivity contribution < 1.29 is 52.3 Å². The zero-order valence-electron chi connectivity index (χ0n) is 36.0. The molecule has 0 unspecified atom stereocenters. The standard InChI is InChI=1S/C42H65N7O11/c1-6-35-41(52)48(3)36-31-44-42(46-39(36)49(35)33-10-7-8-11-33)45-34-14-13-32(30-37(34)53-4)40(51)43-15-18-55-20-22-57-24-26-59-28-29-60-27-25-58-23-21-56-19-17-47(2)16-9-12-38(50)54-5/h9,12-14,30-31,33,35H,6-8,10-11,15-29H2,1-5H3,(H,43,51)(H,44,45,46)/b12-9+/t35-/m1/s1. The first kappa shape index (κ1) is 48.2. The number of nitrogens with one attached hydrogen (secondary N) is 2. The quantitative estimate of drug-likeness (QED) is 0.0663. The number of likely N-dealkylation sites (N-methyl/N-ethyl adjacent to an activating group) is 2. The third-order valence-electron chi connectivity index (χ3n) is 10.0. The van der Waals surface area contributed by atoms with E-state index in [0.717, 1.165) is 38.0 Å². The minimum atomic E-state index is -0.363. The van der Waals surface area contributed by atoms with Gasteiger partial charge in [0.2, 0.25) is 11.9 Å². The number of carbonyl (C=O) groups is 3. The van der Waals surface area contributed by atoms with Crippen molar-refractivity contribution in [1.82, 2.24) is 20.2 Å². The highest BCUT2D eigenvalue weighted by Gasteiger charge is 2.41. The first-order chi connectivity index (χ1) is 29.3. The number of esters is 1. The molecule has 1 fully saturated rings. The van der Waals surface area contributed by atoms with Gasteiger partial charge in [0, 0.05) is 44.4 Å². The van der Waals surface area contributed by atoms with Gasteiger partial charge < -0.3 is 63.2 Å². The number of nitrogens with zero attached hydrogens (tertiary/aromatic N) is 5. The molecular formula is C42H65N7O11. The second kappa shape index (κ2) is 27.4. The van der Waals surface area contributed by atoms with Crippen LogP contribution in [0, 0.1) is 0 Å². The summed E-state index contributed by atoms with van der Waals surface area (Å²) in [6.45, 7) is 9.19. The van der Waals surface area contributed by atoms with Crippen molar-refractivity contribution in [1.29, 1.82) is 0 Å². The van der Waals surface area contributed by atoms with E-state index in [1.54, 1.807) is 49.5 Å². The van der Waals surface area contributed by atoms with Crippen molar-refractivity contribution in [3.05, 3.63) is 42.1 Å². The molecule has 1 atom stereocenters. The lowest BCUT2D eigenvalue weighted by Crippen LogP contribution is -2.55. The molecule has 2 aliphatic rings. The summed E-state index contributed by atoms with van der Waals surface area (Å²) in [5, 5.41) is 6.12.